The second-order valence-electron chi connectivity index (χ2n) is 4.68. The van der Waals surface area contributed by atoms with Gasteiger partial charge in [0.1, 0.15) is 0 Å². The van der Waals surface area contributed by atoms with E-state index in [0.717, 1.165) is 17.3 Å². The number of hydrogen-bond donors (Lipinski definition) is 0. The van der Waals surface area contributed by atoms with E-state index in [2.05, 4.69) is 13.8 Å². The molecule has 2 atom stereocenters. The molecule has 0 amide bonds. The van der Waals surface area contributed by atoms with Crippen molar-refractivity contribution in [2.45, 2.75) is 46.0 Å². The molecule has 2 rings (SSSR count). The van der Waals surface area contributed by atoms with Crippen molar-refractivity contribution < 1.29 is 0 Å². The van der Waals surface area contributed by atoms with Crippen LogP contribution in [0.15, 0.2) is 0 Å². The quantitative estimate of drug-likeness (QED) is 0.522. The molecule has 10 heavy (non-hydrogen) atoms. The Labute approximate surface area is 64.0 Å². The van der Waals surface area contributed by atoms with Gasteiger partial charge in [0.2, 0.25) is 0 Å². The lowest BCUT2D eigenvalue weighted by molar-refractivity contribution is 0.270. The summed E-state index contributed by atoms with van der Waals surface area (Å²) in [6.45, 7) is 4.92. The van der Waals surface area contributed by atoms with Gasteiger partial charge in [-0.3, -0.25) is 0 Å². The van der Waals surface area contributed by atoms with E-state index in [4.69, 9.17) is 0 Å². The van der Waals surface area contributed by atoms with Crippen LogP contribution < -0.4 is 0 Å². The molecule has 0 nitrogen and oxygen atoms in total. The van der Waals surface area contributed by atoms with E-state index in [-0.39, 0.29) is 0 Å². The Hall–Kier alpha value is 0. The van der Waals surface area contributed by atoms with Crippen LogP contribution in [0.25, 0.3) is 0 Å². The van der Waals surface area contributed by atoms with Gasteiger partial charge in [0, 0.05) is 0 Å². The fourth-order valence-electron chi connectivity index (χ4n) is 2.85. The Morgan fingerprint density at radius 1 is 1.20 bits per heavy atom. The molecular formula is C10H18. The van der Waals surface area contributed by atoms with Crippen LogP contribution in [0.4, 0.5) is 0 Å². The van der Waals surface area contributed by atoms with E-state index in [9.17, 15) is 0 Å². The third-order valence-electron chi connectivity index (χ3n) is 3.75. The van der Waals surface area contributed by atoms with Crippen molar-refractivity contribution in [3.8, 4) is 0 Å². The molecular weight excluding hydrogens is 120 g/mol. The maximum Gasteiger partial charge on any atom is -0.0295 e. The van der Waals surface area contributed by atoms with Crippen LogP contribution in [-0.4, -0.2) is 0 Å². The van der Waals surface area contributed by atoms with Gasteiger partial charge in [-0.1, -0.05) is 26.7 Å². The summed E-state index contributed by atoms with van der Waals surface area (Å²) in [5, 5.41) is 0. The summed E-state index contributed by atoms with van der Waals surface area (Å²) in [6.07, 6.45) is 7.56. The Morgan fingerprint density at radius 2 is 1.70 bits per heavy atom. The molecule has 2 fully saturated rings. The molecule has 58 valence electrons. The van der Waals surface area contributed by atoms with Crippen molar-refractivity contribution >= 4 is 0 Å². The lowest BCUT2D eigenvalue weighted by Gasteiger charge is -2.23. The number of hydrogen-bond acceptors (Lipinski definition) is 0. The van der Waals surface area contributed by atoms with Crippen molar-refractivity contribution in [3.63, 3.8) is 0 Å². The molecule has 0 aromatic heterocycles. The van der Waals surface area contributed by atoms with Crippen molar-refractivity contribution in [2.24, 2.45) is 17.3 Å². The Balaban J connectivity index is 2.01. The highest BCUT2D eigenvalue weighted by Gasteiger charge is 2.48. The summed E-state index contributed by atoms with van der Waals surface area (Å²) in [6, 6.07) is 0. The van der Waals surface area contributed by atoms with E-state index < -0.39 is 0 Å². The largest absolute Gasteiger partial charge is 0.0622 e. The van der Waals surface area contributed by atoms with Gasteiger partial charge in [0.05, 0.1) is 0 Å². The summed E-state index contributed by atoms with van der Waals surface area (Å²) in [5.74, 6) is 2.16. The summed E-state index contributed by atoms with van der Waals surface area (Å²) < 4.78 is 0. The molecule has 2 aliphatic carbocycles. The zero-order valence-electron chi connectivity index (χ0n) is 7.19. The minimum absolute atomic E-state index is 0.777. The van der Waals surface area contributed by atoms with E-state index in [1.165, 1.54) is 32.1 Å². The van der Waals surface area contributed by atoms with Crippen molar-refractivity contribution in [3.05, 3.63) is 0 Å². The van der Waals surface area contributed by atoms with Crippen LogP contribution in [0.1, 0.15) is 46.0 Å². The molecule has 0 N–H and O–H groups in total. The molecule has 0 spiro atoms. The van der Waals surface area contributed by atoms with E-state index >= 15 is 0 Å². The minimum Gasteiger partial charge on any atom is -0.0622 e. The maximum atomic E-state index is 2.51. The predicted octanol–water partition coefficient (Wildman–Crippen LogP) is 3.22. The first kappa shape index (κ1) is 6.69. The van der Waals surface area contributed by atoms with Gasteiger partial charge >= 0.3 is 0 Å². The van der Waals surface area contributed by atoms with Gasteiger partial charge in [-0.2, -0.15) is 0 Å². The van der Waals surface area contributed by atoms with Gasteiger partial charge in [0.15, 0.2) is 0 Å². The summed E-state index contributed by atoms with van der Waals surface area (Å²) in [5.41, 5.74) is 0.777. The zero-order valence-corrected chi connectivity index (χ0v) is 7.19. The molecule has 0 heterocycles. The maximum absolute atomic E-state index is 2.51. The molecule has 0 aromatic carbocycles. The molecule has 2 aliphatic rings. The first-order valence-electron chi connectivity index (χ1n) is 4.72. The first-order chi connectivity index (χ1) is 4.72. The zero-order chi connectivity index (χ0) is 7.19. The Kier molecular flexibility index (Phi) is 1.33. The van der Waals surface area contributed by atoms with Crippen LogP contribution in [0.3, 0.4) is 0 Å². The second-order valence-corrected chi connectivity index (χ2v) is 4.68. The van der Waals surface area contributed by atoms with Crippen LogP contribution in [-0.2, 0) is 0 Å². The first-order valence-corrected chi connectivity index (χ1v) is 4.72. The van der Waals surface area contributed by atoms with Crippen molar-refractivity contribution in [1.82, 2.24) is 0 Å². The average Bonchev–Trinajstić information content (AvgIpc) is 2.44. The standard InChI is InChI=1S/C10H18/c1-8-7-9(8)10(2)5-3-4-6-10/h8-9H,3-7H2,1-2H3/t8-,9?/m0/s1. The molecule has 2 saturated carbocycles. The smallest absolute Gasteiger partial charge is 0.0295 e. The van der Waals surface area contributed by atoms with Crippen molar-refractivity contribution in [1.29, 1.82) is 0 Å². The van der Waals surface area contributed by atoms with Crippen LogP contribution in [0, 0.1) is 17.3 Å². The lowest BCUT2D eigenvalue weighted by Crippen LogP contribution is -2.14. The van der Waals surface area contributed by atoms with Crippen LogP contribution in [0.5, 0.6) is 0 Å². The van der Waals surface area contributed by atoms with Crippen LogP contribution >= 0.6 is 0 Å². The number of rotatable bonds is 1. The minimum atomic E-state index is 0.777. The van der Waals surface area contributed by atoms with Crippen molar-refractivity contribution in [2.75, 3.05) is 0 Å². The lowest BCUT2D eigenvalue weighted by atomic mass is 9.82. The van der Waals surface area contributed by atoms with Crippen LogP contribution in [0.2, 0.25) is 0 Å². The molecule has 0 heteroatoms. The highest BCUT2D eigenvalue weighted by molar-refractivity contribution is 4.98. The van der Waals surface area contributed by atoms with Gasteiger partial charge in [-0.25, -0.2) is 0 Å². The monoisotopic (exact) mass is 138 g/mol. The summed E-state index contributed by atoms with van der Waals surface area (Å²) in [7, 11) is 0. The van der Waals surface area contributed by atoms with E-state index in [1.807, 2.05) is 0 Å². The average molecular weight is 138 g/mol. The fraction of sp³-hybridized carbons (Fsp3) is 1.00. The van der Waals surface area contributed by atoms with E-state index in [0.29, 0.717) is 0 Å². The normalized spacial score (nSPS) is 43.8. The highest BCUT2D eigenvalue weighted by atomic mass is 14.5. The van der Waals surface area contributed by atoms with Gasteiger partial charge in [0.25, 0.3) is 0 Å². The Bertz CT molecular complexity index is 131. The fourth-order valence-corrected chi connectivity index (χ4v) is 2.85. The summed E-state index contributed by atoms with van der Waals surface area (Å²) in [4.78, 5) is 0. The van der Waals surface area contributed by atoms with Gasteiger partial charge in [-0.15, -0.1) is 0 Å². The summed E-state index contributed by atoms with van der Waals surface area (Å²) >= 11 is 0. The molecule has 0 bridgehead atoms. The third-order valence-corrected chi connectivity index (χ3v) is 3.75. The highest BCUT2D eigenvalue weighted by Crippen LogP contribution is 2.57. The predicted molar refractivity (Wildman–Crippen MR) is 43.8 cm³/mol. The topological polar surface area (TPSA) is 0 Å². The Morgan fingerprint density at radius 3 is 2.10 bits per heavy atom. The van der Waals surface area contributed by atoms with Gasteiger partial charge < -0.3 is 0 Å². The van der Waals surface area contributed by atoms with Gasteiger partial charge in [-0.05, 0) is 36.5 Å². The molecule has 0 aliphatic heterocycles. The molecule has 0 radical (unpaired) electrons. The molecule has 0 aromatic rings. The molecule has 0 saturated heterocycles. The second kappa shape index (κ2) is 1.99. The SMILES string of the molecule is C[C@H]1CC1C1(C)CCCC1. The van der Waals surface area contributed by atoms with E-state index in [1.54, 1.807) is 0 Å². The third kappa shape index (κ3) is 0.889. The molecule has 1 unspecified atom stereocenters.